The summed E-state index contributed by atoms with van der Waals surface area (Å²) in [5, 5.41) is 26.0. The van der Waals surface area contributed by atoms with Gasteiger partial charge in [0.2, 0.25) is 11.8 Å². The van der Waals surface area contributed by atoms with E-state index in [2.05, 4.69) is 54.2 Å². The lowest BCUT2D eigenvalue weighted by molar-refractivity contribution is 0.302. The molecular formula is C22H15Br2N5O2. The number of rotatable bonds is 4. The van der Waals surface area contributed by atoms with Crippen LogP contribution in [0, 0.1) is 29.6 Å². The molecule has 3 aromatic rings. The topological polar surface area (TPSA) is 121 Å². The monoisotopic (exact) mass is 539 g/mol. The summed E-state index contributed by atoms with van der Waals surface area (Å²) in [6, 6.07) is 15.4. The van der Waals surface area contributed by atoms with E-state index in [0.717, 1.165) is 22.4 Å². The molecule has 0 fully saturated rings. The predicted octanol–water partition coefficient (Wildman–Crippen LogP) is 4.91. The highest BCUT2D eigenvalue weighted by molar-refractivity contribution is 9.11. The van der Waals surface area contributed by atoms with Crippen LogP contribution in [0.3, 0.4) is 0 Å². The molecule has 0 aliphatic carbocycles. The van der Waals surface area contributed by atoms with Crippen molar-refractivity contribution in [1.29, 1.82) is 10.5 Å². The van der Waals surface area contributed by atoms with Gasteiger partial charge < -0.3 is 15.2 Å². The van der Waals surface area contributed by atoms with Gasteiger partial charge >= 0.3 is 0 Å². The van der Waals surface area contributed by atoms with Crippen LogP contribution in [-0.2, 0) is 6.61 Å². The molecule has 1 aliphatic rings. The molecule has 3 N–H and O–H groups in total. The van der Waals surface area contributed by atoms with E-state index in [1.165, 1.54) is 0 Å². The molecule has 2 aromatic carbocycles. The summed E-state index contributed by atoms with van der Waals surface area (Å²) in [5.74, 6) is 0.545. The van der Waals surface area contributed by atoms with Gasteiger partial charge in [-0.25, -0.2) is 0 Å². The van der Waals surface area contributed by atoms with E-state index in [1.54, 1.807) is 6.07 Å². The number of nitrogens with one attached hydrogen (secondary N) is 1. The number of nitrogens with zero attached hydrogens (tertiary/aromatic N) is 3. The number of H-pyrrole nitrogens is 1. The maximum Gasteiger partial charge on any atom is 0.244 e. The van der Waals surface area contributed by atoms with Gasteiger partial charge in [0.05, 0.1) is 26.5 Å². The molecule has 9 heteroatoms. The average Bonchev–Trinajstić information content (AvgIpc) is 3.12. The third-order valence-corrected chi connectivity index (χ3v) is 6.17. The van der Waals surface area contributed by atoms with Crippen molar-refractivity contribution in [3.63, 3.8) is 0 Å². The van der Waals surface area contributed by atoms with E-state index in [4.69, 9.17) is 15.2 Å². The standard InChI is InChI=1S/C22H15Br2N5O2/c1-11-18-19(15(9-26)21(27)31-22(18)29-28-11)14-6-16(23)20(17(24)7-14)30-10-13-5-3-2-4-12(13)8-25/h2-7,19H,10,27H2,1H3,(H,28,29)/t19-/m1/s1. The lowest BCUT2D eigenvalue weighted by atomic mass is 9.84. The first-order valence-electron chi connectivity index (χ1n) is 9.16. The van der Waals surface area contributed by atoms with Gasteiger partial charge in [-0.05, 0) is 62.5 Å². The fourth-order valence-electron chi connectivity index (χ4n) is 3.52. The number of fused-ring (bicyclic) bond motifs is 1. The van der Waals surface area contributed by atoms with Crippen molar-refractivity contribution in [1.82, 2.24) is 10.2 Å². The molecule has 4 rings (SSSR count). The molecule has 0 saturated carbocycles. The molecule has 1 aliphatic heterocycles. The van der Waals surface area contributed by atoms with Gasteiger partial charge in [0, 0.05) is 16.8 Å². The number of benzene rings is 2. The molecule has 1 atom stereocenters. The Morgan fingerprint density at radius 2 is 1.90 bits per heavy atom. The van der Waals surface area contributed by atoms with E-state index >= 15 is 0 Å². The van der Waals surface area contributed by atoms with Gasteiger partial charge in [0.15, 0.2) is 0 Å². The van der Waals surface area contributed by atoms with Crippen molar-refractivity contribution >= 4 is 31.9 Å². The Kier molecular flexibility index (Phi) is 5.73. The molecular weight excluding hydrogens is 526 g/mol. The third-order valence-electron chi connectivity index (χ3n) is 4.99. The number of aromatic nitrogens is 2. The average molecular weight is 541 g/mol. The van der Waals surface area contributed by atoms with Gasteiger partial charge in [-0.2, -0.15) is 10.5 Å². The zero-order valence-corrected chi connectivity index (χ0v) is 19.4. The van der Waals surface area contributed by atoms with Crippen LogP contribution in [0.1, 0.15) is 33.9 Å². The molecule has 0 spiro atoms. The van der Waals surface area contributed by atoms with Crippen LogP contribution in [0.25, 0.3) is 0 Å². The number of ether oxygens (including phenoxy) is 2. The molecule has 0 bridgehead atoms. The molecule has 2 heterocycles. The highest BCUT2D eigenvalue weighted by Crippen LogP contribution is 2.46. The van der Waals surface area contributed by atoms with Gasteiger partial charge in [-0.15, -0.1) is 5.10 Å². The summed E-state index contributed by atoms with van der Waals surface area (Å²) in [7, 11) is 0. The first kappa shape index (κ1) is 21.0. The van der Waals surface area contributed by atoms with Crippen molar-refractivity contribution in [2.24, 2.45) is 5.73 Å². The van der Waals surface area contributed by atoms with Crippen LogP contribution < -0.4 is 15.2 Å². The Morgan fingerprint density at radius 3 is 2.58 bits per heavy atom. The van der Waals surface area contributed by atoms with Crippen molar-refractivity contribution < 1.29 is 9.47 Å². The minimum Gasteiger partial charge on any atom is -0.486 e. The van der Waals surface area contributed by atoms with Crippen LogP contribution >= 0.6 is 31.9 Å². The molecule has 0 radical (unpaired) electrons. The lowest BCUT2D eigenvalue weighted by Gasteiger charge is -2.24. The highest BCUT2D eigenvalue weighted by atomic mass is 79.9. The summed E-state index contributed by atoms with van der Waals surface area (Å²) < 4.78 is 12.9. The number of nitrogens with two attached hydrogens (primary N) is 1. The normalized spacial score (nSPS) is 14.9. The maximum absolute atomic E-state index is 9.73. The van der Waals surface area contributed by atoms with Crippen molar-refractivity contribution in [3.8, 4) is 23.8 Å². The quantitative estimate of drug-likeness (QED) is 0.485. The first-order valence-corrected chi connectivity index (χ1v) is 10.7. The van der Waals surface area contributed by atoms with Crippen molar-refractivity contribution in [3.05, 3.63) is 84.7 Å². The molecule has 0 saturated heterocycles. The number of halogens is 2. The van der Waals surface area contributed by atoms with Gasteiger partial charge in [0.25, 0.3) is 0 Å². The molecule has 1 aromatic heterocycles. The number of hydrogen-bond acceptors (Lipinski definition) is 6. The van der Waals surface area contributed by atoms with E-state index < -0.39 is 5.92 Å². The van der Waals surface area contributed by atoms with Crippen LogP contribution in [0.5, 0.6) is 11.6 Å². The number of aromatic amines is 1. The molecule has 0 amide bonds. The minimum absolute atomic E-state index is 0.0344. The van der Waals surface area contributed by atoms with Crippen molar-refractivity contribution in [2.45, 2.75) is 19.4 Å². The van der Waals surface area contributed by atoms with Gasteiger partial charge in [-0.1, -0.05) is 18.2 Å². The Balaban J connectivity index is 1.72. The Labute approximate surface area is 195 Å². The molecule has 7 nitrogen and oxygen atoms in total. The lowest BCUT2D eigenvalue weighted by Crippen LogP contribution is -2.21. The minimum atomic E-state index is -0.437. The van der Waals surface area contributed by atoms with Crippen molar-refractivity contribution in [2.75, 3.05) is 0 Å². The Bertz CT molecular complexity index is 1280. The fraction of sp³-hybridized carbons (Fsp3) is 0.136. The second-order valence-electron chi connectivity index (χ2n) is 6.86. The van der Waals surface area contributed by atoms with Crippen LogP contribution in [0.15, 0.2) is 56.8 Å². The van der Waals surface area contributed by atoms with Crippen LogP contribution in [0.2, 0.25) is 0 Å². The number of aryl methyl sites for hydroxylation is 1. The third kappa shape index (κ3) is 3.78. The Morgan fingerprint density at radius 1 is 1.19 bits per heavy atom. The number of hydrogen-bond donors (Lipinski definition) is 2. The van der Waals surface area contributed by atoms with Crippen LogP contribution in [-0.4, -0.2) is 10.2 Å². The van der Waals surface area contributed by atoms with E-state index in [1.807, 2.05) is 37.3 Å². The predicted molar refractivity (Wildman–Crippen MR) is 120 cm³/mol. The van der Waals surface area contributed by atoms with E-state index in [-0.39, 0.29) is 12.5 Å². The van der Waals surface area contributed by atoms with Gasteiger partial charge in [0.1, 0.15) is 24.0 Å². The zero-order chi connectivity index (χ0) is 22.1. The fourth-order valence-corrected chi connectivity index (χ4v) is 4.97. The molecule has 0 unspecified atom stereocenters. The summed E-state index contributed by atoms with van der Waals surface area (Å²) >= 11 is 7.15. The summed E-state index contributed by atoms with van der Waals surface area (Å²) in [6.07, 6.45) is 0. The smallest absolute Gasteiger partial charge is 0.244 e. The summed E-state index contributed by atoms with van der Waals surface area (Å²) in [6.45, 7) is 2.10. The first-order chi connectivity index (χ1) is 14.9. The highest BCUT2D eigenvalue weighted by Gasteiger charge is 2.34. The SMILES string of the molecule is Cc1[nH]nc2c1[C@H](c1cc(Br)c(OCc3ccccc3C#N)c(Br)c1)C(C#N)=C(N)O2. The largest absolute Gasteiger partial charge is 0.486 e. The molecule has 154 valence electrons. The summed E-state index contributed by atoms with van der Waals surface area (Å²) in [5.41, 5.74) is 10.0. The molecule has 31 heavy (non-hydrogen) atoms. The Hall–Kier alpha value is -3.27. The second kappa shape index (κ2) is 8.46. The van der Waals surface area contributed by atoms with E-state index in [9.17, 15) is 10.5 Å². The number of allylic oxidation sites excluding steroid dienone is 1. The number of nitriles is 2. The van der Waals surface area contributed by atoms with Gasteiger partial charge in [-0.3, -0.25) is 5.10 Å². The zero-order valence-electron chi connectivity index (χ0n) is 16.2. The van der Waals surface area contributed by atoms with Crippen LogP contribution in [0.4, 0.5) is 0 Å². The maximum atomic E-state index is 9.73. The van der Waals surface area contributed by atoms with E-state index in [0.29, 0.717) is 31.7 Å². The summed E-state index contributed by atoms with van der Waals surface area (Å²) in [4.78, 5) is 0. The second-order valence-corrected chi connectivity index (χ2v) is 8.57.